The molecule has 0 radical (unpaired) electrons. The van der Waals surface area contributed by atoms with Crippen molar-refractivity contribution < 1.29 is 14.3 Å². The summed E-state index contributed by atoms with van der Waals surface area (Å²) in [7, 11) is 1.59. The van der Waals surface area contributed by atoms with Crippen LogP contribution in [0.3, 0.4) is 0 Å². The van der Waals surface area contributed by atoms with Gasteiger partial charge in [0, 0.05) is 35.1 Å². The van der Waals surface area contributed by atoms with E-state index in [4.69, 9.17) is 27.9 Å². The number of likely N-dealkylation sites (N-methyl/N-ethyl adjacent to an activating group) is 1. The first-order chi connectivity index (χ1) is 16.4. The predicted octanol–water partition coefficient (Wildman–Crippen LogP) is 5.32. The largest absolute Gasteiger partial charge is 0.497 e. The molecule has 1 N–H and O–H groups in total. The van der Waals surface area contributed by atoms with Crippen molar-refractivity contribution in [3.63, 3.8) is 0 Å². The van der Waals surface area contributed by atoms with Crippen LogP contribution in [0.2, 0.25) is 10.0 Å². The highest BCUT2D eigenvalue weighted by molar-refractivity contribution is 6.36. The third-order valence-electron chi connectivity index (χ3n) is 5.53. The molecule has 0 saturated carbocycles. The van der Waals surface area contributed by atoms with Gasteiger partial charge in [0.15, 0.2) is 0 Å². The van der Waals surface area contributed by atoms with Gasteiger partial charge in [-0.05, 0) is 42.3 Å². The zero-order chi connectivity index (χ0) is 24.5. The van der Waals surface area contributed by atoms with E-state index in [-0.39, 0.29) is 24.8 Å². The van der Waals surface area contributed by atoms with Crippen LogP contribution < -0.4 is 10.1 Å². The van der Waals surface area contributed by atoms with Crippen molar-refractivity contribution in [3.05, 3.63) is 99.5 Å². The molecule has 0 bridgehead atoms. The van der Waals surface area contributed by atoms with E-state index in [1.165, 1.54) is 0 Å². The number of carbonyl (C=O) groups excluding carboxylic acids is 2. The van der Waals surface area contributed by atoms with E-state index in [1.807, 2.05) is 61.5 Å². The monoisotopic (exact) mass is 498 g/mol. The van der Waals surface area contributed by atoms with Crippen molar-refractivity contribution in [2.75, 3.05) is 13.7 Å². The molecular weight excluding hydrogens is 471 g/mol. The Hall–Kier alpha value is -3.02. The highest BCUT2D eigenvalue weighted by atomic mass is 35.5. The third-order valence-corrected chi connectivity index (χ3v) is 6.23. The summed E-state index contributed by atoms with van der Waals surface area (Å²) >= 11 is 12.9. The van der Waals surface area contributed by atoms with Crippen LogP contribution in [0.4, 0.5) is 0 Å². The summed E-state index contributed by atoms with van der Waals surface area (Å²) in [5, 5.41) is 3.78. The maximum atomic E-state index is 13.7. The lowest BCUT2D eigenvalue weighted by atomic mass is 10.0. The van der Waals surface area contributed by atoms with Gasteiger partial charge < -0.3 is 15.0 Å². The highest BCUT2D eigenvalue weighted by Crippen LogP contribution is 2.27. The Morgan fingerprint density at radius 1 is 0.912 bits per heavy atom. The minimum Gasteiger partial charge on any atom is -0.497 e. The van der Waals surface area contributed by atoms with Crippen LogP contribution in [0.15, 0.2) is 72.8 Å². The van der Waals surface area contributed by atoms with Crippen molar-refractivity contribution in [2.24, 2.45) is 0 Å². The second kappa shape index (κ2) is 12.4. The summed E-state index contributed by atoms with van der Waals surface area (Å²) in [5.74, 6) is 0.283. The van der Waals surface area contributed by atoms with Crippen molar-refractivity contribution in [1.29, 1.82) is 0 Å². The van der Waals surface area contributed by atoms with Crippen molar-refractivity contribution in [1.82, 2.24) is 10.2 Å². The van der Waals surface area contributed by atoms with E-state index >= 15 is 0 Å². The van der Waals surface area contributed by atoms with Crippen LogP contribution in [-0.4, -0.2) is 36.4 Å². The average molecular weight is 499 g/mol. The van der Waals surface area contributed by atoms with E-state index in [1.54, 1.807) is 30.2 Å². The maximum Gasteiger partial charge on any atom is 0.243 e. The molecular formula is C27H28Cl2N2O3. The number of nitrogens with zero attached hydrogens (tertiary/aromatic N) is 1. The molecule has 0 fully saturated rings. The van der Waals surface area contributed by atoms with Gasteiger partial charge >= 0.3 is 0 Å². The van der Waals surface area contributed by atoms with E-state index < -0.39 is 6.04 Å². The molecule has 1 unspecified atom stereocenters. The topological polar surface area (TPSA) is 58.6 Å². The molecule has 0 aliphatic carbocycles. The summed E-state index contributed by atoms with van der Waals surface area (Å²) in [5.41, 5.74) is 2.37. The van der Waals surface area contributed by atoms with Gasteiger partial charge in [-0.2, -0.15) is 0 Å². The second-order valence-corrected chi connectivity index (χ2v) is 8.66. The molecule has 3 aromatic rings. The molecule has 0 spiro atoms. The zero-order valence-corrected chi connectivity index (χ0v) is 20.8. The summed E-state index contributed by atoms with van der Waals surface area (Å²) in [4.78, 5) is 28.4. The van der Waals surface area contributed by atoms with E-state index in [0.717, 1.165) is 11.1 Å². The Balaban J connectivity index is 1.98. The second-order valence-electron chi connectivity index (χ2n) is 7.85. The van der Waals surface area contributed by atoms with E-state index in [2.05, 4.69) is 5.32 Å². The fraction of sp³-hybridized carbons (Fsp3) is 0.259. The number of methoxy groups -OCH3 is 1. The van der Waals surface area contributed by atoms with Gasteiger partial charge in [0.05, 0.1) is 13.5 Å². The number of halogens is 2. The van der Waals surface area contributed by atoms with Crippen LogP contribution in [-0.2, 0) is 29.0 Å². The number of carbonyl (C=O) groups is 2. The quantitative estimate of drug-likeness (QED) is 0.411. The van der Waals surface area contributed by atoms with Gasteiger partial charge in [0.1, 0.15) is 11.8 Å². The first-order valence-corrected chi connectivity index (χ1v) is 11.9. The normalized spacial score (nSPS) is 11.5. The van der Waals surface area contributed by atoms with Crippen molar-refractivity contribution in [2.45, 2.75) is 32.4 Å². The number of benzene rings is 3. The van der Waals surface area contributed by atoms with Gasteiger partial charge in [-0.1, -0.05) is 71.7 Å². The standard InChI is InChI=1S/C27H28Cl2N2O3/c1-3-30-27(33)25(16-19-8-5-4-6-9-19)31(18-22-23(28)10-7-11-24(22)29)26(32)17-20-12-14-21(34-2)15-13-20/h4-15,25H,3,16-18H2,1-2H3,(H,30,33). The Labute approximate surface area is 210 Å². The van der Waals surface area contributed by atoms with Gasteiger partial charge in [0.25, 0.3) is 0 Å². The Bertz CT molecular complexity index is 1080. The minimum atomic E-state index is -0.736. The van der Waals surface area contributed by atoms with Gasteiger partial charge in [0.2, 0.25) is 11.8 Å². The molecule has 0 saturated heterocycles. The van der Waals surface area contributed by atoms with Gasteiger partial charge in [-0.3, -0.25) is 9.59 Å². The molecule has 0 aliphatic rings. The predicted molar refractivity (Wildman–Crippen MR) is 136 cm³/mol. The lowest BCUT2D eigenvalue weighted by Crippen LogP contribution is -2.51. The molecule has 5 nitrogen and oxygen atoms in total. The summed E-state index contributed by atoms with van der Waals surface area (Å²) in [6.07, 6.45) is 0.486. The van der Waals surface area contributed by atoms with Crippen molar-refractivity contribution in [3.8, 4) is 5.75 Å². The van der Waals surface area contributed by atoms with E-state index in [0.29, 0.717) is 34.3 Å². The molecule has 3 rings (SSSR count). The molecule has 2 amide bonds. The molecule has 0 aliphatic heterocycles. The molecule has 34 heavy (non-hydrogen) atoms. The number of nitrogens with one attached hydrogen (secondary N) is 1. The molecule has 1 atom stereocenters. The van der Waals surface area contributed by atoms with Gasteiger partial charge in [-0.15, -0.1) is 0 Å². The highest BCUT2D eigenvalue weighted by Gasteiger charge is 2.31. The molecule has 178 valence electrons. The Morgan fingerprint density at radius 2 is 1.56 bits per heavy atom. The summed E-state index contributed by atoms with van der Waals surface area (Å²) in [6.45, 7) is 2.42. The Morgan fingerprint density at radius 3 is 2.15 bits per heavy atom. The fourth-order valence-electron chi connectivity index (χ4n) is 3.72. The minimum absolute atomic E-state index is 0.113. The lowest BCUT2D eigenvalue weighted by molar-refractivity contribution is -0.140. The van der Waals surface area contributed by atoms with Gasteiger partial charge in [-0.25, -0.2) is 0 Å². The van der Waals surface area contributed by atoms with Crippen LogP contribution in [0, 0.1) is 0 Å². The first kappa shape index (κ1) is 25.6. The smallest absolute Gasteiger partial charge is 0.243 e. The lowest BCUT2D eigenvalue weighted by Gasteiger charge is -2.32. The average Bonchev–Trinajstić information content (AvgIpc) is 2.84. The molecule has 0 aromatic heterocycles. The fourth-order valence-corrected chi connectivity index (χ4v) is 4.24. The summed E-state index contributed by atoms with van der Waals surface area (Å²) < 4.78 is 5.21. The van der Waals surface area contributed by atoms with Crippen LogP contribution >= 0.6 is 23.2 Å². The third kappa shape index (κ3) is 6.75. The number of ether oxygens (including phenoxy) is 1. The summed E-state index contributed by atoms with van der Waals surface area (Å²) in [6, 6.07) is 21.4. The van der Waals surface area contributed by atoms with Crippen LogP contribution in [0.25, 0.3) is 0 Å². The maximum absolute atomic E-state index is 13.7. The molecule has 7 heteroatoms. The zero-order valence-electron chi connectivity index (χ0n) is 19.3. The first-order valence-electron chi connectivity index (χ1n) is 11.1. The SMILES string of the molecule is CCNC(=O)C(Cc1ccccc1)N(Cc1c(Cl)cccc1Cl)C(=O)Cc1ccc(OC)cc1. The van der Waals surface area contributed by atoms with Crippen molar-refractivity contribution >= 4 is 35.0 Å². The number of rotatable bonds is 10. The van der Waals surface area contributed by atoms with Crippen LogP contribution in [0.1, 0.15) is 23.6 Å². The molecule has 0 heterocycles. The van der Waals surface area contributed by atoms with Crippen LogP contribution in [0.5, 0.6) is 5.75 Å². The van der Waals surface area contributed by atoms with E-state index in [9.17, 15) is 9.59 Å². The number of hydrogen-bond acceptors (Lipinski definition) is 3. The molecule has 3 aromatic carbocycles. The number of hydrogen-bond donors (Lipinski definition) is 1. The number of amides is 2. The Kier molecular flexibility index (Phi) is 9.37.